The second kappa shape index (κ2) is 8.72. The summed E-state index contributed by atoms with van der Waals surface area (Å²) in [6, 6.07) is 13.0. The second-order valence-corrected chi connectivity index (χ2v) is 11.8. The molecule has 1 N–H and O–H groups in total. The van der Waals surface area contributed by atoms with Gasteiger partial charge in [-0.2, -0.15) is 0 Å². The zero-order valence-corrected chi connectivity index (χ0v) is 18.9. The number of rotatable bonds is 7. The first kappa shape index (κ1) is 22.6. The van der Waals surface area contributed by atoms with Gasteiger partial charge in [-0.25, -0.2) is 21.6 Å². The molecule has 0 spiro atoms. The van der Waals surface area contributed by atoms with Gasteiger partial charge >= 0.3 is 5.97 Å². The summed E-state index contributed by atoms with van der Waals surface area (Å²) in [4.78, 5) is 11.7. The molecule has 2 saturated heterocycles. The molecular formula is C21H24N2O7S2. The van der Waals surface area contributed by atoms with Crippen LogP contribution in [0.2, 0.25) is 0 Å². The molecule has 172 valence electrons. The van der Waals surface area contributed by atoms with Crippen LogP contribution in [0.4, 0.5) is 11.4 Å². The Hall–Kier alpha value is -2.63. The van der Waals surface area contributed by atoms with E-state index in [1.807, 2.05) is 30.3 Å². The summed E-state index contributed by atoms with van der Waals surface area (Å²) in [6.45, 7) is 0.648. The van der Waals surface area contributed by atoms with Gasteiger partial charge < -0.3 is 9.84 Å². The highest BCUT2D eigenvalue weighted by Crippen LogP contribution is 2.36. The summed E-state index contributed by atoms with van der Waals surface area (Å²) in [5.74, 6) is -1.42. The van der Waals surface area contributed by atoms with Crippen molar-refractivity contribution in [2.24, 2.45) is 0 Å². The molecule has 0 aromatic heterocycles. The smallest absolute Gasteiger partial charge is 0.337 e. The number of benzene rings is 2. The van der Waals surface area contributed by atoms with Gasteiger partial charge in [0.2, 0.25) is 20.0 Å². The predicted octanol–water partition coefficient (Wildman–Crippen LogP) is 2.05. The minimum absolute atomic E-state index is 0.0152. The monoisotopic (exact) mass is 480 g/mol. The molecule has 9 nitrogen and oxygen atoms in total. The van der Waals surface area contributed by atoms with Gasteiger partial charge in [-0.1, -0.05) is 30.3 Å². The number of hydrogen-bond donors (Lipinski definition) is 1. The third kappa shape index (κ3) is 4.45. The molecule has 32 heavy (non-hydrogen) atoms. The van der Waals surface area contributed by atoms with Crippen LogP contribution in [0.15, 0.2) is 48.5 Å². The normalized spacial score (nSPS) is 21.7. The lowest BCUT2D eigenvalue weighted by atomic mass is 10.1. The van der Waals surface area contributed by atoms with Crippen LogP contribution >= 0.6 is 0 Å². The zero-order valence-electron chi connectivity index (χ0n) is 17.3. The van der Waals surface area contributed by atoms with Crippen LogP contribution in [-0.4, -0.2) is 58.6 Å². The van der Waals surface area contributed by atoms with E-state index in [4.69, 9.17) is 4.74 Å². The fourth-order valence-corrected chi connectivity index (χ4v) is 7.49. The standard InChI is InChI=1S/C21H24N2O7S2/c24-21(25)19-8-7-17(13-20(19)22-10-4-11-31(22,26)27)23-18(9-12-32(23,28)29)15-30-14-16-5-2-1-3-6-16/h1-3,5-8,13,18H,4,9-12,14-15H2,(H,24,25)/t18-/m0/s1. The van der Waals surface area contributed by atoms with E-state index < -0.39 is 32.1 Å². The summed E-state index contributed by atoms with van der Waals surface area (Å²) in [6.07, 6.45) is 0.735. The molecule has 2 aromatic rings. The molecule has 0 amide bonds. The predicted molar refractivity (Wildman–Crippen MR) is 120 cm³/mol. The number of carboxylic acids is 1. The van der Waals surface area contributed by atoms with Gasteiger partial charge in [0.05, 0.1) is 47.7 Å². The highest BCUT2D eigenvalue weighted by molar-refractivity contribution is 7.93. The highest BCUT2D eigenvalue weighted by Gasteiger charge is 2.39. The van der Waals surface area contributed by atoms with E-state index in [0.29, 0.717) is 19.4 Å². The van der Waals surface area contributed by atoms with Gasteiger partial charge in [-0.15, -0.1) is 0 Å². The summed E-state index contributed by atoms with van der Waals surface area (Å²) >= 11 is 0. The van der Waals surface area contributed by atoms with E-state index in [9.17, 15) is 26.7 Å². The fourth-order valence-electron chi connectivity index (χ4n) is 4.09. The molecular weight excluding hydrogens is 456 g/mol. The molecule has 2 fully saturated rings. The molecule has 0 unspecified atom stereocenters. The first-order valence-electron chi connectivity index (χ1n) is 10.2. The molecule has 2 aliphatic heterocycles. The van der Waals surface area contributed by atoms with Crippen molar-refractivity contribution in [2.75, 3.05) is 33.3 Å². The van der Waals surface area contributed by atoms with Crippen LogP contribution in [-0.2, 0) is 31.4 Å². The summed E-state index contributed by atoms with van der Waals surface area (Å²) in [7, 11) is -7.29. The van der Waals surface area contributed by atoms with Crippen LogP contribution in [0.5, 0.6) is 0 Å². The number of carboxylic acid groups (broad SMARTS) is 1. The number of ether oxygens (including phenoxy) is 1. The number of sulfonamides is 2. The fraction of sp³-hybridized carbons (Fsp3) is 0.381. The quantitative estimate of drug-likeness (QED) is 0.644. The molecule has 0 aliphatic carbocycles. The third-order valence-electron chi connectivity index (χ3n) is 5.60. The Balaban J connectivity index is 1.63. The average Bonchev–Trinajstić information content (AvgIpc) is 3.25. The van der Waals surface area contributed by atoms with Gasteiger partial charge in [0.15, 0.2) is 0 Å². The number of carbonyl (C=O) groups is 1. The maximum atomic E-state index is 12.8. The maximum Gasteiger partial charge on any atom is 0.337 e. The van der Waals surface area contributed by atoms with Crippen molar-refractivity contribution in [3.63, 3.8) is 0 Å². The van der Waals surface area contributed by atoms with E-state index in [2.05, 4.69) is 0 Å². The second-order valence-electron chi connectivity index (χ2n) is 7.80. The van der Waals surface area contributed by atoms with Crippen molar-refractivity contribution in [2.45, 2.75) is 25.5 Å². The Morgan fingerprint density at radius 2 is 1.78 bits per heavy atom. The number of aromatic carboxylic acids is 1. The molecule has 2 heterocycles. The van der Waals surface area contributed by atoms with Crippen molar-refractivity contribution in [1.29, 1.82) is 0 Å². The van der Waals surface area contributed by atoms with Gasteiger partial charge in [0.1, 0.15) is 0 Å². The molecule has 4 rings (SSSR count). The molecule has 0 radical (unpaired) electrons. The zero-order chi connectivity index (χ0) is 22.9. The summed E-state index contributed by atoms with van der Waals surface area (Å²) < 4.78 is 58.5. The van der Waals surface area contributed by atoms with E-state index in [-0.39, 0.29) is 41.6 Å². The lowest BCUT2D eigenvalue weighted by molar-refractivity contribution is 0.0697. The number of nitrogens with zero attached hydrogens (tertiary/aromatic N) is 2. The Bertz CT molecular complexity index is 1210. The topological polar surface area (TPSA) is 121 Å². The van der Waals surface area contributed by atoms with Crippen LogP contribution in [0.1, 0.15) is 28.8 Å². The van der Waals surface area contributed by atoms with Gasteiger partial charge in [-0.05, 0) is 36.6 Å². The van der Waals surface area contributed by atoms with Crippen molar-refractivity contribution in [3.8, 4) is 0 Å². The maximum absolute atomic E-state index is 12.8. The minimum Gasteiger partial charge on any atom is -0.478 e. The third-order valence-corrected chi connectivity index (χ3v) is 9.31. The molecule has 0 saturated carbocycles. The molecule has 0 bridgehead atoms. The largest absolute Gasteiger partial charge is 0.478 e. The van der Waals surface area contributed by atoms with Crippen molar-refractivity contribution in [3.05, 3.63) is 59.7 Å². The lowest BCUT2D eigenvalue weighted by Gasteiger charge is -2.27. The van der Waals surface area contributed by atoms with Crippen molar-refractivity contribution < 1.29 is 31.5 Å². The Labute approximate surface area is 187 Å². The molecule has 2 aromatic carbocycles. The number of hydrogen-bond acceptors (Lipinski definition) is 6. The highest BCUT2D eigenvalue weighted by atomic mass is 32.2. The Kier molecular flexibility index (Phi) is 6.15. The first-order chi connectivity index (χ1) is 15.2. The first-order valence-corrected chi connectivity index (χ1v) is 13.4. The lowest BCUT2D eigenvalue weighted by Crippen LogP contribution is -2.36. The van der Waals surface area contributed by atoms with E-state index in [1.165, 1.54) is 22.5 Å². The van der Waals surface area contributed by atoms with Crippen LogP contribution < -0.4 is 8.61 Å². The van der Waals surface area contributed by atoms with Gasteiger partial charge in [-0.3, -0.25) is 8.61 Å². The summed E-state index contributed by atoms with van der Waals surface area (Å²) in [5, 5.41) is 9.56. The Morgan fingerprint density at radius 3 is 2.44 bits per heavy atom. The van der Waals surface area contributed by atoms with Crippen LogP contribution in [0.3, 0.4) is 0 Å². The van der Waals surface area contributed by atoms with Gasteiger partial charge in [0.25, 0.3) is 0 Å². The molecule has 11 heteroatoms. The SMILES string of the molecule is O=C(O)c1ccc(N2[C@H](COCc3ccccc3)CCS2(=O)=O)cc1N1CCCS1(=O)=O. The van der Waals surface area contributed by atoms with E-state index in [1.54, 1.807) is 0 Å². The van der Waals surface area contributed by atoms with Crippen LogP contribution in [0, 0.1) is 0 Å². The van der Waals surface area contributed by atoms with E-state index in [0.717, 1.165) is 9.87 Å². The van der Waals surface area contributed by atoms with Crippen molar-refractivity contribution >= 4 is 37.4 Å². The Morgan fingerprint density at radius 1 is 1.03 bits per heavy atom. The van der Waals surface area contributed by atoms with Gasteiger partial charge in [0, 0.05) is 6.54 Å². The van der Waals surface area contributed by atoms with E-state index >= 15 is 0 Å². The minimum atomic E-state index is -3.65. The molecule has 1 atom stereocenters. The average molecular weight is 481 g/mol. The summed E-state index contributed by atoms with van der Waals surface area (Å²) in [5.41, 5.74) is 0.997. The van der Waals surface area contributed by atoms with Crippen LogP contribution in [0.25, 0.3) is 0 Å². The molecule has 2 aliphatic rings. The number of anilines is 2. The van der Waals surface area contributed by atoms with Crippen molar-refractivity contribution in [1.82, 2.24) is 0 Å².